The molecule has 0 radical (unpaired) electrons. The Labute approximate surface area is 150 Å². The van der Waals surface area contributed by atoms with E-state index < -0.39 is 0 Å². The Morgan fingerprint density at radius 3 is 2.29 bits per heavy atom. The van der Waals surface area contributed by atoms with Gasteiger partial charge in [0, 0.05) is 15.4 Å². The summed E-state index contributed by atoms with van der Waals surface area (Å²) in [5.41, 5.74) is 1.51. The molecule has 0 aliphatic carbocycles. The molecular weight excluding hydrogens is 338 g/mol. The molecule has 0 aliphatic heterocycles. The van der Waals surface area contributed by atoms with Crippen LogP contribution in [0, 0.1) is 5.92 Å². The van der Waals surface area contributed by atoms with Crippen LogP contribution in [0.25, 0.3) is 0 Å². The van der Waals surface area contributed by atoms with Gasteiger partial charge in [0.2, 0.25) is 0 Å². The second-order valence-electron chi connectivity index (χ2n) is 6.20. The van der Waals surface area contributed by atoms with Gasteiger partial charge in [0.25, 0.3) is 5.91 Å². The van der Waals surface area contributed by atoms with Crippen molar-refractivity contribution in [2.24, 2.45) is 5.92 Å². The quantitative estimate of drug-likeness (QED) is 0.671. The minimum atomic E-state index is -0.0249. The first-order valence-corrected chi connectivity index (χ1v) is 9.76. The summed E-state index contributed by atoms with van der Waals surface area (Å²) in [6, 6.07) is 10.0. The van der Waals surface area contributed by atoms with Crippen molar-refractivity contribution in [1.29, 1.82) is 0 Å². The summed E-state index contributed by atoms with van der Waals surface area (Å²) >= 11 is 3.34. The van der Waals surface area contributed by atoms with E-state index in [1.165, 1.54) is 9.75 Å². The Kier molecular flexibility index (Phi) is 5.48. The van der Waals surface area contributed by atoms with Gasteiger partial charge in [-0.05, 0) is 41.3 Å². The average molecular weight is 360 g/mol. The molecule has 3 aromatic heterocycles. The highest BCUT2D eigenvalue weighted by Gasteiger charge is 2.20. The molecule has 24 heavy (non-hydrogen) atoms. The number of hydrogen-bond donors (Lipinski definition) is 1. The van der Waals surface area contributed by atoms with Crippen molar-refractivity contribution in [2.45, 2.75) is 33.4 Å². The van der Waals surface area contributed by atoms with Crippen molar-refractivity contribution in [3.63, 3.8) is 0 Å². The topological polar surface area (TPSA) is 49.0 Å². The smallest absolute Gasteiger partial charge is 0.275 e. The second kappa shape index (κ2) is 7.77. The van der Waals surface area contributed by atoms with E-state index in [1.54, 1.807) is 22.7 Å². The third-order valence-electron chi connectivity index (χ3n) is 3.62. The Morgan fingerprint density at radius 2 is 1.79 bits per heavy atom. The van der Waals surface area contributed by atoms with E-state index in [1.807, 2.05) is 33.9 Å². The second-order valence-corrected chi connectivity index (χ2v) is 8.26. The molecule has 0 atom stereocenters. The minimum absolute atomic E-state index is 0.0249. The van der Waals surface area contributed by atoms with Crippen LogP contribution < -0.4 is 0 Å². The Balaban J connectivity index is 1.78. The maximum Gasteiger partial charge on any atom is 0.275 e. The fourth-order valence-corrected chi connectivity index (χ4v) is 4.00. The van der Waals surface area contributed by atoms with Crippen molar-refractivity contribution in [2.75, 3.05) is 0 Å². The predicted octanol–water partition coefficient (Wildman–Crippen LogP) is 4.57. The Bertz CT molecular complexity index is 724. The lowest BCUT2D eigenvalue weighted by Gasteiger charge is -2.20. The van der Waals surface area contributed by atoms with E-state index in [-0.39, 0.29) is 5.91 Å². The van der Waals surface area contributed by atoms with Crippen LogP contribution >= 0.6 is 22.7 Å². The maximum atomic E-state index is 12.9. The largest absolute Gasteiger partial charge is 0.327 e. The Morgan fingerprint density at radius 1 is 1.17 bits per heavy atom. The molecule has 1 N–H and O–H groups in total. The molecule has 0 saturated carbocycles. The van der Waals surface area contributed by atoms with E-state index in [0.717, 1.165) is 12.1 Å². The number of carbonyl (C=O) groups excluding carboxylic acids is 1. The molecule has 3 heterocycles. The van der Waals surface area contributed by atoms with Gasteiger partial charge in [0.05, 0.1) is 13.1 Å². The zero-order chi connectivity index (χ0) is 16.9. The van der Waals surface area contributed by atoms with Crippen LogP contribution in [-0.4, -0.2) is 21.0 Å². The van der Waals surface area contributed by atoms with Gasteiger partial charge < -0.3 is 4.90 Å². The molecule has 1 amide bonds. The van der Waals surface area contributed by atoms with Gasteiger partial charge in [-0.25, -0.2) is 0 Å². The van der Waals surface area contributed by atoms with Crippen LogP contribution in [0.4, 0.5) is 0 Å². The van der Waals surface area contributed by atoms with Crippen molar-refractivity contribution < 1.29 is 4.79 Å². The summed E-state index contributed by atoms with van der Waals surface area (Å²) in [6.45, 7) is 5.53. The van der Waals surface area contributed by atoms with Gasteiger partial charge in [-0.3, -0.25) is 9.89 Å². The summed E-state index contributed by atoms with van der Waals surface area (Å²) in [5.74, 6) is 0.504. The van der Waals surface area contributed by atoms with Gasteiger partial charge in [0.1, 0.15) is 5.69 Å². The lowest BCUT2D eigenvalue weighted by atomic mass is 10.1. The molecule has 6 heteroatoms. The number of rotatable bonds is 7. The summed E-state index contributed by atoms with van der Waals surface area (Å²) in [6.07, 6.45) is 0.899. The fourth-order valence-electron chi connectivity index (χ4n) is 2.56. The minimum Gasteiger partial charge on any atom is -0.327 e. The molecule has 0 aromatic carbocycles. The maximum absolute atomic E-state index is 12.9. The van der Waals surface area contributed by atoms with E-state index in [9.17, 15) is 4.79 Å². The molecule has 0 saturated heterocycles. The van der Waals surface area contributed by atoms with Gasteiger partial charge >= 0.3 is 0 Å². The zero-order valence-electron chi connectivity index (χ0n) is 13.9. The molecule has 126 valence electrons. The van der Waals surface area contributed by atoms with Crippen LogP contribution in [0.15, 0.2) is 41.1 Å². The number of thiophene rings is 2. The average Bonchev–Trinajstić information content (AvgIpc) is 3.27. The standard InChI is InChI=1S/C18H21N3OS2/c1-13(2)9-14-10-17(20-19-14)18(22)21(11-15-5-3-7-23-15)12-16-6-4-8-24-16/h3-8,10,13H,9,11-12H2,1-2H3,(H,19,20). The summed E-state index contributed by atoms with van der Waals surface area (Å²) in [5, 5.41) is 11.3. The van der Waals surface area contributed by atoms with Crippen molar-refractivity contribution >= 4 is 28.6 Å². The van der Waals surface area contributed by atoms with Crippen LogP contribution in [0.2, 0.25) is 0 Å². The van der Waals surface area contributed by atoms with E-state index >= 15 is 0 Å². The lowest BCUT2D eigenvalue weighted by molar-refractivity contribution is 0.0727. The molecule has 3 rings (SSSR count). The van der Waals surface area contributed by atoms with Gasteiger partial charge in [0.15, 0.2) is 0 Å². The van der Waals surface area contributed by atoms with E-state index in [0.29, 0.717) is 24.7 Å². The molecular formula is C18H21N3OS2. The highest BCUT2D eigenvalue weighted by atomic mass is 32.1. The number of aromatic amines is 1. The normalized spacial score (nSPS) is 11.1. The number of hydrogen-bond acceptors (Lipinski definition) is 4. The predicted molar refractivity (Wildman–Crippen MR) is 99.3 cm³/mol. The van der Waals surface area contributed by atoms with Gasteiger partial charge in [-0.15, -0.1) is 22.7 Å². The highest BCUT2D eigenvalue weighted by molar-refractivity contribution is 7.10. The monoisotopic (exact) mass is 359 g/mol. The number of carbonyl (C=O) groups is 1. The number of aromatic nitrogens is 2. The molecule has 4 nitrogen and oxygen atoms in total. The zero-order valence-corrected chi connectivity index (χ0v) is 15.5. The van der Waals surface area contributed by atoms with Crippen molar-refractivity contribution in [1.82, 2.24) is 15.1 Å². The highest BCUT2D eigenvalue weighted by Crippen LogP contribution is 2.19. The molecule has 0 bridgehead atoms. The first-order valence-electron chi connectivity index (χ1n) is 8.00. The SMILES string of the molecule is CC(C)Cc1cc(C(=O)N(Cc2cccs2)Cc2cccs2)n[nH]1. The summed E-state index contributed by atoms with van der Waals surface area (Å²) in [7, 11) is 0. The van der Waals surface area contributed by atoms with Crippen LogP contribution in [0.3, 0.4) is 0 Å². The molecule has 3 aromatic rings. The number of H-pyrrole nitrogens is 1. The molecule has 0 spiro atoms. The fraction of sp³-hybridized carbons (Fsp3) is 0.333. The first kappa shape index (κ1) is 16.9. The van der Waals surface area contributed by atoms with Crippen molar-refractivity contribution in [3.05, 3.63) is 62.2 Å². The van der Waals surface area contributed by atoms with Gasteiger partial charge in [-0.1, -0.05) is 26.0 Å². The van der Waals surface area contributed by atoms with Crippen LogP contribution in [-0.2, 0) is 19.5 Å². The number of amides is 1. The lowest BCUT2D eigenvalue weighted by Crippen LogP contribution is -2.29. The van der Waals surface area contributed by atoms with Crippen molar-refractivity contribution in [3.8, 4) is 0 Å². The molecule has 0 fully saturated rings. The molecule has 0 aliphatic rings. The first-order chi connectivity index (χ1) is 11.6. The molecule has 0 unspecified atom stereocenters. The number of nitrogens with one attached hydrogen (secondary N) is 1. The third-order valence-corrected chi connectivity index (χ3v) is 5.34. The summed E-state index contributed by atoms with van der Waals surface area (Å²) < 4.78 is 0. The summed E-state index contributed by atoms with van der Waals surface area (Å²) in [4.78, 5) is 17.2. The van der Waals surface area contributed by atoms with Crippen LogP contribution in [0.1, 0.15) is 39.8 Å². The van der Waals surface area contributed by atoms with E-state index in [2.05, 4.69) is 36.2 Å². The van der Waals surface area contributed by atoms with Crippen LogP contribution in [0.5, 0.6) is 0 Å². The van der Waals surface area contributed by atoms with Gasteiger partial charge in [-0.2, -0.15) is 5.10 Å². The Hall–Kier alpha value is -1.92. The third kappa shape index (κ3) is 4.33. The van der Waals surface area contributed by atoms with E-state index in [4.69, 9.17) is 0 Å². The number of nitrogens with zero attached hydrogens (tertiary/aromatic N) is 2.